The minimum atomic E-state index is -0.424. The maximum absolute atomic E-state index is 10.8. The largest absolute Gasteiger partial charge is 0.497 e. The molecule has 0 aliphatic carbocycles. The third-order valence-corrected chi connectivity index (χ3v) is 1.82. The maximum atomic E-state index is 10.8. The van der Waals surface area contributed by atoms with Gasteiger partial charge < -0.3 is 14.6 Å². The number of hydrogen-bond donors (Lipinski definition) is 1. The smallest absolute Gasteiger partial charge is 0.335 e. The van der Waals surface area contributed by atoms with E-state index in [4.69, 9.17) is 14.6 Å². The molecule has 4 heteroatoms. The Bertz CT molecular complexity index is 209. The van der Waals surface area contributed by atoms with E-state index < -0.39 is 12.1 Å². The molecule has 1 aliphatic heterocycles. The van der Waals surface area contributed by atoms with Gasteiger partial charge in [0.15, 0.2) is 6.10 Å². The number of aliphatic hydroxyl groups is 1. The SMILES string of the molecule is COC1=CC(=O)O[C@@H]1[C@@H](C)CO. The van der Waals surface area contributed by atoms with E-state index in [0.717, 1.165) is 0 Å². The van der Waals surface area contributed by atoms with E-state index in [2.05, 4.69) is 0 Å². The lowest BCUT2D eigenvalue weighted by molar-refractivity contribution is -0.141. The summed E-state index contributed by atoms with van der Waals surface area (Å²) in [5, 5.41) is 8.82. The Kier molecular flexibility index (Phi) is 2.70. The van der Waals surface area contributed by atoms with Gasteiger partial charge in [0, 0.05) is 12.5 Å². The van der Waals surface area contributed by atoms with Crippen LogP contribution in [-0.2, 0) is 14.3 Å². The molecule has 2 atom stereocenters. The zero-order valence-electron chi connectivity index (χ0n) is 7.11. The second kappa shape index (κ2) is 3.58. The molecule has 0 fully saturated rings. The minimum absolute atomic E-state index is 0.0291. The van der Waals surface area contributed by atoms with Crippen LogP contribution in [-0.4, -0.2) is 30.9 Å². The second-order valence-corrected chi connectivity index (χ2v) is 2.77. The zero-order valence-corrected chi connectivity index (χ0v) is 7.11. The molecule has 0 saturated heterocycles. The highest BCUT2D eigenvalue weighted by Gasteiger charge is 2.31. The fraction of sp³-hybridized carbons (Fsp3) is 0.625. The summed E-state index contributed by atoms with van der Waals surface area (Å²) >= 11 is 0. The first-order valence-corrected chi connectivity index (χ1v) is 3.76. The van der Waals surface area contributed by atoms with E-state index in [0.29, 0.717) is 5.76 Å². The van der Waals surface area contributed by atoms with Gasteiger partial charge in [0.25, 0.3) is 0 Å². The van der Waals surface area contributed by atoms with Gasteiger partial charge in [-0.05, 0) is 0 Å². The van der Waals surface area contributed by atoms with Crippen molar-refractivity contribution in [1.82, 2.24) is 0 Å². The summed E-state index contributed by atoms with van der Waals surface area (Å²) < 4.78 is 9.82. The van der Waals surface area contributed by atoms with Crippen LogP contribution in [0.25, 0.3) is 0 Å². The summed E-state index contributed by atoms with van der Waals surface area (Å²) in [6, 6.07) is 0. The predicted molar refractivity (Wildman–Crippen MR) is 41.2 cm³/mol. The molecule has 0 bridgehead atoms. The molecule has 0 radical (unpaired) electrons. The van der Waals surface area contributed by atoms with Crippen LogP contribution in [0.3, 0.4) is 0 Å². The Balaban J connectivity index is 2.68. The van der Waals surface area contributed by atoms with Gasteiger partial charge in [-0.25, -0.2) is 4.79 Å². The first-order valence-electron chi connectivity index (χ1n) is 3.76. The first kappa shape index (κ1) is 9.06. The molecule has 1 N–H and O–H groups in total. The fourth-order valence-electron chi connectivity index (χ4n) is 1.08. The molecule has 12 heavy (non-hydrogen) atoms. The third kappa shape index (κ3) is 1.58. The first-order chi connectivity index (χ1) is 5.69. The summed E-state index contributed by atoms with van der Waals surface area (Å²) in [6.45, 7) is 1.76. The number of methoxy groups -OCH3 is 1. The van der Waals surface area contributed by atoms with Gasteiger partial charge >= 0.3 is 5.97 Å². The standard InChI is InChI=1S/C8H12O4/c1-5(4-9)8-6(11-2)3-7(10)12-8/h3,5,8-9H,4H2,1-2H3/t5-,8+/m0/s1. The van der Waals surface area contributed by atoms with Crippen LogP contribution in [0, 0.1) is 5.92 Å². The number of hydrogen-bond acceptors (Lipinski definition) is 4. The number of rotatable bonds is 3. The van der Waals surface area contributed by atoms with Crippen LogP contribution < -0.4 is 0 Å². The molecule has 4 nitrogen and oxygen atoms in total. The molecule has 0 amide bonds. The Morgan fingerprint density at radius 3 is 3.00 bits per heavy atom. The molecule has 0 aromatic rings. The average Bonchev–Trinajstić information content (AvgIpc) is 2.45. The van der Waals surface area contributed by atoms with Crippen molar-refractivity contribution < 1.29 is 19.4 Å². The summed E-state index contributed by atoms with van der Waals surface area (Å²) in [5.74, 6) is -0.0404. The van der Waals surface area contributed by atoms with E-state index in [1.807, 2.05) is 0 Å². The average molecular weight is 172 g/mol. The van der Waals surface area contributed by atoms with E-state index in [1.165, 1.54) is 13.2 Å². The second-order valence-electron chi connectivity index (χ2n) is 2.77. The van der Waals surface area contributed by atoms with E-state index in [1.54, 1.807) is 6.92 Å². The summed E-state index contributed by atoms with van der Waals surface area (Å²) in [4.78, 5) is 10.8. The van der Waals surface area contributed by atoms with E-state index in [-0.39, 0.29) is 12.5 Å². The fourth-order valence-corrected chi connectivity index (χ4v) is 1.08. The highest BCUT2D eigenvalue weighted by atomic mass is 16.6. The number of cyclic esters (lactones) is 1. The van der Waals surface area contributed by atoms with Gasteiger partial charge in [0.2, 0.25) is 0 Å². The molecule has 0 unspecified atom stereocenters. The molecular formula is C8H12O4. The van der Waals surface area contributed by atoms with E-state index in [9.17, 15) is 4.79 Å². The van der Waals surface area contributed by atoms with Crippen molar-refractivity contribution in [3.63, 3.8) is 0 Å². The molecular weight excluding hydrogens is 160 g/mol. The Morgan fingerprint density at radius 1 is 1.83 bits per heavy atom. The van der Waals surface area contributed by atoms with Gasteiger partial charge in [-0.1, -0.05) is 6.92 Å². The van der Waals surface area contributed by atoms with Crippen molar-refractivity contribution in [2.24, 2.45) is 5.92 Å². The van der Waals surface area contributed by atoms with Crippen LogP contribution >= 0.6 is 0 Å². The van der Waals surface area contributed by atoms with E-state index >= 15 is 0 Å². The topological polar surface area (TPSA) is 55.8 Å². The lowest BCUT2D eigenvalue weighted by atomic mass is 10.1. The third-order valence-electron chi connectivity index (χ3n) is 1.82. The molecule has 0 spiro atoms. The lowest BCUT2D eigenvalue weighted by Gasteiger charge is -2.18. The molecule has 0 saturated carbocycles. The monoisotopic (exact) mass is 172 g/mol. The van der Waals surface area contributed by atoms with Crippen LogP contribution in [0.5, 0.6) is 0 Å². The number of carbonyl (C=O) groups is 1. The molecule has 1 heterocycles. The highest BCUT2D eigenvalue weighted by molar-refractivity contribution is 5.85. The number of carbonyl (C=O) groups excluding carboxylic acids is 1. The van der Waals surface area contributed by atoms with Gasteiger partial charge in [0.1, 0.15) is 5.76 Å². The number of ether oxygens (including phenoxy) is 2. The molecule has 1 rings (SSSR count). The highest BCUT2D eigenvalue weighted by Crippen LogP contribution is 2.22. The zero-order chi connectivity index (χ0) is 9.14. The van der Waals surface area contributed by atoms with Crippen LogP contribution in [0.1, 0.15) is 6.92 Å². The van der Waals surface area contributed by atoms with Crippen molar-refractivity contribution >= 4 is 5.97 Å². The van der Waals surface area contributed by atoms with Gasteiger partial charge in [-0.15, -0.1) is 0 Å². The normalized spacial score (nSPS) is 24.8. The maximum Gasteiger partial charge on any atom is 0.335 e. The Hall–Kier alpha value is -1.03. The Labute approximate surface area is 70.8 Å². The van der Waals surface area contributed by atoms with Crippen molar-refractivity contribution in [1.29, 1.82) is 0 Å². The van der Waals surface area contributed by atoms with Gasteiger partial charge in [-0.3, -0.25) is 0 Å². The lowest BCUT2D eigenvalue weighted by Crippen LogP contribution is -2.24. The summed E-state index contributed by atoms with van der Waals surface area (Å²) in [6.07, 6.45) is 0.879. The molecule has 0 aromatic carbocycles. The van der Waals surface area contributed by atoms with Crippen LogP contribution in [0.2, 0.25) is 0 Å². The van der Waals surface area contributed by atoms with Gasteiger partial charge in [0.05, 0.1) is 13.2 Å². The number of esters is 1. The molecule has 0 aromatic heterocycles. The molecule has 68 valence electrons. The number of aliphatic hydroxyl groups excluding tert-OH is 1. The van der Waals surface area contributed by atoms with Crippen molar-refractivity contribution in [2.45, 2.75) is 13.0 Å². The van der Waals surface area contributed by atoms with Crippen molar-refractivity contribution in [3.8, 4) is 0 Å². The summed E-state index contributed by atoms with van der Waals surface area (Å²) in [5.41, 5.74) is 0. The van der Waals surface area contributed by atoms with Crippen LogP contribution in [0.15, 0.2) is 11.8 Å². The molecule has 1 aliphatic rings. The Morgan fingerprint density at radius 2 is 2.50 bits per heavy atom. The quantitative estimate of drug-likeness (QED) is 0.612. The minimum Gasteiger partial charge on any atom is -0.497 e. The summed E-state index contributed by atoms with van der Waals surface area (Å²) in [7, 11) is 1.48. The van der Waals surface area contributed by atoms with Crippen LogP contribution in [0.4, 0.5) is 0 Å². The van der Waals surface area contributed by atoms with Gasteiger partial charge in [-0.2, -0.15) is 0 Å². The van der Waals surface area contributed by atoms with Crippen molar-refractivity contribution in [3.05, 3.63) is 11.8 Å². The predicted octanol–water partition coefficient (Wildman–Crippen LogP) is 0.0705. The van der Waals surface area contributed by atoms with Crippen molar-refractivity contribution in [2.75, 3.05) is 13.7 Å².